The molecule has 2 aromatic rings. The van der Waals surface area contributed by atoms with Crippen molar-refractivity contribution >= 4 is 9.84 Å². The van der Waals surface area contributed by atoms with Gasteiger partial charge < -0.3 is 15.7 Å². The predicted octanol–water partition coefficient (Wildman–Crippen LogP) is 1.27. The van der Waals surface area contributed by atoms with E-state index in [0.717, 1.165) is 12.8 Å². The molecule has 0 radical (unpaired) electrons. The van der Waals surface area contributed by atoms with Crippen molar-refractivity contribution < 1.29 is 22.7 Å². The monoisotopic (exact) mass is 367 g/mol. The summed E-state index contributed by atoms with van der Waals surface area (Å²) in [4.78, 5) is -0.0609. The number of ether oxygens (including phenoxy) is 1. The highest BCUT2D eigenvalue weighted by atomic mass is 32.2. The van der Waals surface area contributed by atoms with Gasteiger partial charge in [-0.15, -0.1) is 0 Å². The average Bonchev–Trinajstić information content (AvgIpc) is 2.99. The number of sulfone groups is 1. The van der Waals surface area contributed by atoms with Crippen LogP contribution in [-0.4, -0.2) is 26.2 Å². The Hall–Kier alpha value is -1.97. The van der Waals surface area contributed by atoms with Crippen molar-refractivity contribution in [3.05, 3.63) is 41.2 Å². The summed E-state index contributed by atoms with van der Waals surface area (Å²) in [5.74, 6) is 0. The maximum absolute atomic E-state index is 13.0. The molecule has 1 aromatic carbocycles. The highest BCUT2D eigenvalue weighted by Crippen LogP contribution is 2.40. The van der Waals surface area contributed by atoms with E-state index in [1.54, 1.807) is 25.1 Å². The Bertz CT molecular complexity index is 827. The summed E-state index contributed by atoms with van der Waals surface area (Å²) in [7, 11) is -4.11. The van der Waals surface area contributed by atoms with Crippen LogP contribution in [0.3, 0.4) is 0 Å². The SMILES string of the molecule is CC(N)CC1(c2no[n+]([O-])c2S(=O)(=O)c2ccccc2)CCCCO1. The summed E-state index contributed by atoms with van der Waals surface area (Å²) in [5.41, 5.74) is 4.91. The minimum absolute atomic E-state index is 0.00310. The van der Waals surface area contributed by atoms with Crippen LogP contribution in [0.4, 0.5) is 0 Å². The van der Waals surface area contributed by atoms with Crippen LogP contribution in [0, 0.1) is 5.21 Å². The summed E-state index contributed by atoms with van der Waals surface area (Å²) in [6, 6.07) is 7.45. The van der Waals surface area contributed by atoms with Crippen LogP contribution in [0.15, 0.2) is 44.9 Å². The highest BCUT2D eigenvalue weighted by molar-refractivity contribution is 7.91. The van der Waals surface area contributed by atoms with Gasteiger partial charge in [0, 0.05) is 17.8 Å². The molecule has 0 aliphatic carbocycles. The van der Waals surface area contributed by atoms with Crippen LogP contribution in [0.5, 0.6) is 0 Å². The molecule has 3 rings (SSSR count). The van der Waals surface area contributed by atoms with Gasteiger partial charge in [-0.05, 0) is 49.6 Å². The molecular formula is C16H21N3O5S. The van der Waals surface area contributed by atoms with E-state index in [9.17, 15) is 13.6 Å². The van der Waals surface area contributed by atoms with E-state index in [0.29, 0.717) is 19.4 Å². The predicted molar refractivity (Wildman–Crippen MR) is 87.1 cm³/mol. The summed E-state index contributed by atoms with van der Waals surface area (Å²) in [6.45, 7) is 2.25. The van der Waals surface area contributed by atoms with Gasteiger partial charge in [0.2, 0.25) is 0 Å². The molecule has 8 nitrogen and oxygen atoms in total. The van der Waals surface area contributed by atoms with Gasteiger partial charge in [0.05, 0.1) is 4.90 Å². The number of rotatable bonds is 5. The molecule has 9 heteroatoms. The number of hydrogen-bond acceptors (Lipinski definition) is 7. The fourth-order valence-corrected chi connectivity index (χ4v) is 4.72. The highest BCUT2D eigenvalue weighted by Gasteiger charge is 2.49. The van der Waals surface area contributed by atoms with Gasteiger partial charge in [-0.25, -0.2) is 8.42 Å². The van der Waals surface area contributed by atoms with Crippen molar-refractivity contribution in [1.82, 2.24) is 5.16 Å². The second-order valence-electron chi connectivity index (χ2n) is 6.38. The first kappa shape index (κ1) is 17.8. The van der Waals surface area contributed by atoms with Gasteiger partial charge in [-0.2, -0.15) is 0 Å². The lowest BCUT2D eigenvalue weighted by Crippen LogP contribution is -2.42. The molecule has 0 amide bonds. The molecule has 1 saturated heterocycles. The number of nitrogens with two attached hydrogens (primary N) is 1. The van der Waals surface area contributed by atoms with Crippen molar-refractivity contribution in [2.24, 2.45) is 5.73 Å². The molecule has 2 heterocycles. The Kier molecular flexibility index (Phi) is 4.81. The number of hydrogen-bond donors (Lipinski definition) is 1. The molecule has 2 N–H and O–H groups in total. The minimum atomic E-state index is -4.11. The second-order valence-corrected chi connectivity index (χ2v) is 8.25. The third-order valence-corrected chi connectivity index (χ3v) is 6.06. The Morgan fingerprint density at radius 1 is 1.36 bits per heavy atom. The van der Waals surface area contributed by atoms with Gasteiger partial charge in [0.25, 0.3) is 15.5 Å². The van der Waals surface area contributed by atoms with Gasteiger partial charge in [0.15, 0.2) is 0 Å². The standard InChI is InChI=1S/C16H21N3O5S/c1-12(17)11-16(9-5-6-10-23-16)14-15(19(20)24-18-14)25(21,22)13-7-3-2-4-8-13/h2-4,7-8,12H,5-6,9-11,17H2,1H3. The first-order valence-corrected chi connectivity index (χ1v) is 9.65. The number of benzene rings is 1. The molecule has 136 valence electrons. The lowest BCUT2D eigenvalue weighted by Gasteiger charge is -2.35. The first-order chi connectivity index (χ1) is 11.9. The summed E-state index contributed by atoms with van der Waals surface area (Å²) >= 11 is 0. The van der Waals surface area contributed by atoms with Crippen LogP contribution in [0.1, 0.15) is 38.3 Å². The molecule has 2 atom stereocenters. The normalized spacial score (nSPS) is 22.6. The lowest BCUT2D eigenvalue weighted by molar-refractivity contribution is -0.832. The van der Waals surface area contributed by atoms with Gasteiger partial charge in [-0.3, -0.25) is 4.63 Å². The van der Waals surface area contributed by atoms with Gasteiger partial charge in [-0.1, -0.05) is 18.2 Å². The molecule has 0 bridgehead atoms. The summed E-state index contributed by atoms with van der Waals surface area (Å²) in [6.07, 6.45) is 2.55. The number of aromatic nitrogens is 2. The van der Waals surface area contributed by atoms with E-state index in [1.165, 1.54) is 12.1 Å². The molecule has 2 unspecified atom stereocenters. The zero-order valence-electron chi connectivity index (χ0n) is 13.9. The molecule has 1 fully saturated rings. The summed E-state index contributed by atoms with van der Waals surface area (Å²) < 4.78 is 36.6. The maximum atomic E-state index is 13.0. The molecule has 0 saturated carbocycles. The van der Waals surface area contributed by atoms with Crippen LogP contribution >= 0.6 is 0 Å². The summed E-state index contributed by atoms with van der Waals surface area (Å²) in [5, 5.41) is 15.4. The van der Waals surface area contributed by atoms with Crippen molar-refractivity contribution in [3.63, 3.8) is 0 Å². The van der Waals surface area contributed by atoms with E-state index in [1.807, 2.05) is 0 Å². The van der Waals surface area contributed by atoms with E-state index < -0.39 is 20.5 Å². The molecule has 1 aromatic heterocycles. The van der Waals surface area contributed by atoms with Gasteiger partial charge >= 0.3 is 5.03 Å². The minimum Gasteiger partial charge on any atom is -0.366 e. The third kappa shape index (κ3) is 3.26. The van der Waals surface area contributed by atoms with Crippen LogP contribution in [0.25, 0.3) is 0 Å². The zero-order valence-corrected chi connectivity index (χ0v) is 14.7. The van der Waals surface area contributed by atoms with Gasteiger partial charge in [0.1, 0.15) is 5.60 Å². The maximum Gasteiger partial charge on any atom is 0.319 e. The molecule has 25 heavy (non-hydrogen) atoms. The first-order valence-electron chi connectivity index (χ1n) is 8.17. The third-order valence-electron chi connectivity index (χ3n) is 4.32. The average molecular weight is 367 g/mol. The molecule has 1 aliphatic rings. The quantitative estimate of drug-likeness (QED) is 0.790. The second kappa shape index (κ2) is 6.74. The molecule has 0 spiro atoms. The van der Waals surface area contributed by atoms with E-state index >= 15 is 0 Å². The number of nitrogens with zero attached hydrogens (tertiary/aromatic N) is 2. The van der Waals surface area contributed by atoms with E-state index in [4.69, 9.17) is 10.5 Å². The van der Waals surface area contributed by atoms with Crippen molar-refractivity contribution in [2.75, 3.05) is 6.61 Å². The lowest BCUT2D eigenvalue weighted by atomic mass is 9.85. The Labute approximate surface area is 146 Å². The van der Waals surface area contributed by atoms with Crippen LogP contribution in [-0.2, 0) is 20.2 Å². The molecular weight excluding hydrogens is 346 g/mol. The Morgan fingerprint density at radius 2 is 2.08 bits per heavy atom. The molecule has 1 aliphatic heterocycles. The smallest absolute Gasteiger partial charge is 0.319 e. The van der Waals surface area contributed by atoms with Crippen molar-refractivity contribution in [1.29, 1.82) is 0 Å². The van der Waals surface area contributed by atoms with Crippen LogP contribution in [0.2, 0.25) is 0 Å². The topological polar surface area (TPSA) is 122 Å². The van der Waals surface area contributed by atoms with Crippen LogP contribution < -0.4 is 10.6 Å². The Balaban J connectivity index is 2.16. The fourth-order valence-electron chi connectivity index (χ4n) is 3.27. The zero-order chi connectivity index (χ0) is 18.1. The largest absolute Gasteiger partial charge is 0.366 e. The van der Waals surface area contributed by atoms with E-state index in [2.05, 4.69) is 9.79 Å². The van der Waals surface area contributed by atoms with E-state index in [-0.39, 0.29) is 21.5 Å². The fraction of sp³-hybridized carbons (Fsp3) is 0.500. The Morgan fingerprint density at radius 3 is 2.68 bits per heavy atom. The van der Waals surface area contributed by atoms with Crippen molar-refractivity contribution in [2.45, 2.75) is 54.2 Å². The van der Waals surface area contributed by atoms with Crippen molar-refractivity contribution in [3.8, 4) is 0 Å².